The highest BCUT2D eigenvalue weighted by molar-refractivity contribution is 5.58. The molecule has 0 radical (unpaired) electrons. The molecule has 0 spiro atoms. The van der Waals surface area contributed by atoms with E-state index in [1.165, 1.54) is 12.2 Å². The predicted octanol–water partition coefficient (Wildman–Crippen LogP) is 0.489. The summed E-state index contributed by atoms with van der Waals surface area (Å²) >= 11 is 0. The summed E-state index contributed by atoms with van der Waals surface area (Å²) in [7, 11) is 0. The molecule has 0 fully saturated rings. The van der Waals surface area contributed by atoms with Crippen LogP contribution in [0, 0.1) is 0 Å². The normalized spacial score (nSPS) is 21.4. The quantitative estimate of drug-likeness (QED) is 0.481. The van der Waals surface area contributed by atoms with Gasteiger partial charge in [-0.1, -0.05) is 11.1 Å². The van der Waals surface area contributed by atoms with Gasteiger partial charge in [-0.05, 0) is 6.08 Å². The Morgan fingerprint density at radius 2 is 2.08 bits per heavy atom. The minimum atomic E-state index is -1.51. The van der Waals surface area contributed by atoms with Gasteiger partial charge in [0.25, 0.3) is 0 Å². The van der Waals surface area contributed by atoms with Crippen LogP contribution < -0.4 is 0 Å². The second kappa shape index (κ2) is 3.76. The van der Waals surface area contributed by atoms with E-state index >= 15 is 0 Å². The Morgan fingerprint density at radius 1 is 1.38 bits per heavy atom. The van der Waals surface area contributed by atoms with Gasteiger partial charge < -0.3 is 19.8 Å². The zero-order valence-electron chi connectivity index (χ0n) is 6.41. The number of hydroxylamine groups is 2. The Bertz CT molecular complexity index is 250. The van der Waals surface area contributed by atoms with Gasteiger partial charge in [0.15, 0.2) is 0 Å². The number of nitrogens with zero attached hydrogens (tertiary/aromatic N) is 1. The fraction of sp³-hybridized carbons (Fsp3) is 0.333. The zero-order chi connectivity index (χ0) is 9.84. The van der Waals surface area contributed by atoms with Gasteiger partial charge in [0.1, 0.15) is 0 Å². The third-order valence-corrected chi connectivity index (χ3v) is 1.29. The number of ether oxygens (including phenoxy) is 1. The molecule has 1 rings (SSSR count). The van der Waals surface area contributed by atoms with Crippen LogP contribution >= 0.6 is 0 Å². The van der Waals surface area contributed by atoms with E-state index in [0.29, 0.717) is 0 Å². The fourth-order valence-corrected chi connectivity index (χ4v) is 0.872. The molecule has 7 heteroatoms. The van der Waals surface area contributed by atoms with Crippen molar-refractivity contribution in [1.29, 1.82) is 0 Å². The molecule has 0 aromatic carbocycles. The molecular formula is C6H7NO6. The van der Waals surface area contributed by atoms with Crippen molar-refractivity contribution in [3.63, 3.8) is 0 Å². The van der Waals surface area contributed by atoms with E-state index in [2.05, 4.69) is 9.57 Å². The highest BCUT2D eigenvalue weighted by atomic mass is 16.8. The van der Waals surface area contributed by atoms with Crippen molar-refractivity contribution in [3.05, 3.63) is 12.2 Å². The summed E-state index contributed by atoms with van der Waals surface area (Å²) in [5.74, 6) is 0. The van der Waals surface area contributed by atoms with Crippen LogP contribution in [0.25, 0.3) is 0 Å². The molecule has 1 atom stereocenters. The van der Waals surface area contributed by atoms with Gasteiger partial charge in [0, 0.05) is 0 Å². The molecule has 0 aromatic heterocycles. The summed E-state index contributed by atoms with van der Waals surface area (Å²) in [5, 5.41) is 17.4. The van der Waals surface area contributed by atoms with Crippen molar-refractivity contribution in [3.8, 4) is 0 Å². The van der Waals surface area contributed by atoms with Gasteiger partial charge >= 0.3 is 12.3 Å². The molecule has 0 amide bonds. The molecule has 13 heavy (non-hydrogen) atoms. The standard InChI is InChI=1S/C6H7NO6/c8-5(9)12-4-2-1-3-7(4)13-6(10)11/h1-2,4H,3H2,(H,8,9)(H,10,11)/t4-/m0/s1. The molecule has 1 aliphatic heterocycles. The lowest BCUT2D eigenvalue weighted by molar-refractivity contribution is -0.179. The van der Waals surface area contributed by atoms with E-state index in [1.807, 2.05) is 0 Å². The Morgan fingerprint density at radius 3 is 2.62 bits per heavy atom. The maximum absolute atomic E-state index is 10.1. The molecule has 0 saturated carbocycles. The summed E-state index contributed by atoms with van der Waals surface area (Å²) in [6.45, 7) is 0.171. The van der Waals surface area contributed by atoms with Crippen molar-refractivity contribution in [1.82, 2.24) is 5.06 Å². The smallest absolute Gasteiger partial charge is 0.450 e. The summed E-state index contributed by atoms with van der Waals surface area (Å²) in [4.78, 5) is 24.4. The molecular weight excluding hydrogens is 182 g/mol. The molecule has 0 aliphatic carbocycles. The highest BCUT2D eigenvalue weighted by Crippen LogP contribution is 2.11. The average Bonchev–Trinajstić information content (AvgIpc) is 2.34. The Hall–Kier alpha value is -1.76. The number of carboxylic acid groups (broad SMARTS) is 2. The number of hydrogen-bond acceptors (Lipinski definition) is 5. The van der Waals surface area contributed by atoms with Gasteiger partial charge in [-0.25, -0.2) is 9.59 Å². The number of rotatable bonds is 2. The zero-order valence-corrected chi connectivity index (χ0v) is 6.41. The molecule has 72 valence electrons. The first-order valence-electron chi connectivity index (χ1n) is 3.33. The minimum absolute atomic E-state index is 0.171. The first kappa shape index (κ1) is 9.33. The van der Waals surface area contributed by atoms with Crippen LogP contribution in [-0.2, 0) is 9.57 Å². The van der Waals surface area contributed by atoms with Gasteiger partial charge in [-0.15, -0.1) is 0 Å². The number of carbonyl (C=O) groups is 2. The largest absolute Gasteiger partial charge is 0.525 e. The van der Waals surface area contributed by atoms with Crippen LogP contribution in [0.1, 0.15) is 0 Å². The van der Waals surface area contributed by atoms with E-state index in [4.69, 9.17) is 10.2 Å². The summed E-state index contributed by atoms with van der Waals surface area (Å²) in [6, 6.07) is 0. The van der Waals surface area contributed by atoms with Gasteiger partial charge in [-0.2, -0.15) is 0 Å². The molecule has 0 bridgehead atoms. The first-order valence-corrected chi connectivity index (χ1v) is 3.33. The maximum Gasteiger partial charge on any atom is 0.525 e. The maximum atomic E-state index is 10.1. The second-order valence-electron chi connectivity index (χ2n) is 2.16. The van der Waals surface area contributed by atoms with Crippen LogP contribution in [0.2, 0.25) is 0 Å². The van der Waals surface area contributed by atoms with Gasteiger partial charge in [0.05, 0.1) is 6.54 Å². The topological polar surface area (TPSA) is 96.3 Å². The van der Waals surface area contributed by atoms with E-state index in [9.17, 15) is 9.59 Å². The van der Waals surface area contributed by atoms with E-state index in [0.717, 1.165) is 5.06 Å². The third-order valence-electron chi connectivity index (χ3n) is 1.29. The number of hydrogen-bond donors (Lipinski definition) is 2. The van der Waals surface area contributed by atoms with Crippen molar-refractivity contribution >= 4 is 12.3 Å². The van der Waals surface area contributed by atoms with Gasteiger partial charge in [0.2, 0.25) is 6.23 Å². The Labute approximate surface area is 72.7 Å². The SMILES string of the molecule is O=C(O)O[C@H]1C=CCN1OC(=O)O. The first-order chi connectivity index (χ1) is 6.09. The van der Waals surface area contributed by atoms with Crippen LogP contribution in [0.15, 0.2) is 12.2 Å². The molecule has 0 saturated heterocycles. The highest BCUT2D eigenvalue weighted by Gasteiger charge is 2.26. The van der Waals surface area contributed by atoms with Crippen molar-refractivity contribution in [2.75, 3.05) is 6.54 Å². The molecule has 0 unspecified atom stereocenters. The molecule has 0 aromatic rings. The molecule has 2 N–H and O–H groups in total. The lowest BCUT2D eigenvalue weighted by Gasteiger charge is -2.19. The lowest BCUT2D eigenvalue weighted by atomic mass is 10.5. The fourth-order valence-electron chi connectivity index (χ4n) is 0.872. The minimum Gasteiger partial charge on any atom is -0.450 e. The Kier molecular flexibility index (Phi) is 2.70. The van der Waals surface area contributed by atoms with Crippen LogP contribution in [0.3, 0.4) is 0 Å². The molecule has 7 nitrogen and oxygen atoms in total. The molecule has 1 heterocycles. The Balaban J connectivity index is 2.47. The van der Waals surface area contributed by atoms with E-state index in [1.54, 1.807) is 0 Å². The summed E-state index contributed by atoms with van der Waals surface area (Å²) in [5.41, 5.74) is 0. The van der Waals surface area contributed by atoms with Crippen molar-refractivity contribution in [2.45, 2.75) is 6.23 Å². The van der Waals surface area contributed by atoms with E-state index < -0.39 is 18.5 Å². The van der Waals surface area contributed by atoms with Crippen LogP contribution in [0.4, 0.5) is 9.59 Å². The second-order valence-corrected chi connectivity index (χ2v) is 2.16. The van der Waals surface area contributed by atoms with Crippen molar-refractivity contribution in [2.24, 2.45) is 0 Å². The average molecular weight is 189 g/mol. The van der Waals surface area contributed by atoms with Crippen LogP contribution in [-0.4, -0.2) is 40.4 Å². The van der Waals surface area contributed by atoms with Crippen LogP contribution in [0.5, 0.6) is 0 Å². The summed E-state index contributed by atoms with van der Waals surface area (Å²) in [6.07, 6.45) is -1.07. The predicted molar refractivity (Wildman–Crippen MR) is 37.9 cm³/mol. The van der Waals surface area contributed by atoms with Gasteiger partial charge in [-0.3, -0.25) is 0 Å². The lowest BCUT2D eigenvalue weighted by Crippen LogP contribution is -2.35. The van der Waals surface area contributed by atoms with E-state index in [-0.39, 0.29) is 6.54 Å². The van der Waals surface area contributed by atoms with Crippen molar-refractivity contribution < 1.29 is 29.4 Å². The molecule has 1 aliphatic rings. The third kappa shape index (κ3) is 2.64. The summed E-state index contributed by atoms with van der Waals surface area (Å²) < 4.78 is 4.29. The monoisotopic (exact) mass is 189 g/mol.